The molecular weight excluding hydrogens is 265 g/mol. The Bertz CT molecular complexity index is 647. The molecule has 0 heterocycles. The Kier molecular flexibility index (Phi) is 4.88. The van der Waals surface area contributed by atoms with E-state index in [1.54, 1.807) is 36.2 Å². The Morgan fingerprint density at radius 1 is 1.19 bits per heavy atom. The highest BCUT2D eigenvalue weighted by molar-refractivity contribution is 5.91. The van der Waals surface area contributed by atoms with Crippen molar-refractivity contribution in [2.45, 2.75) is 13.5 Å². The maximum Gasteiger partial charge on any atom is 0.246 e. The van der Waals surface area contributed by atoms with Gasteiger partial charge in [-0.25, -0.2) is 4.39 Å². The molecule has 0 spiro atoms. The summed E-state index contributed by atoms with van der Waals surface area (Å²) in [4.78, 5) is 13.6. The lowest BCUT2D eigenvalue weighted by Crippen LogP contribution is -2.24. The van der Waals surface area contributed by atoms with Gasteiger partial charge in [0.25, 0.3) is 0 Å². The molecule has 3 heteroatoms. The number of nitrogens with zero attached hydrogens (tertiary/aromatic N) is 1. The first kappa shape index (κ1) is 15.0. The van der Waals surface area contributed by atoms with Gasteiger partial charge in [0.1, 0.15) is 5.82 Å². The first-order chi connectivity index (χ1) is 10.0. The third-order valence-electron chi connectivity index (χ3n) is 3.17. The SMILES string of the molecule is Cc1cccc(/C=C/C(=O)N(C)Cc2ccc(F)cc2)c1. The smallest absolute Gasteiger partial charge is 0.246 e. The summed E-state index contributed by atoms with van der Waals surface area (Å²) in [6, 6.07) is 14.1. The number of carbonyl (C=O) groups excluding carboxylic acids is 1. The Hall–Kier alpha value is -2.42. The molecule has 1 amide bonds. The van der Waals surface area contributed by atoms with E-state index in [2.05, 4.69) is 0 Å². The number of rotatable bonds is 4. The van der Waals surface area contributed by atoms with Crippen molar-refractivity contribution < 1.29 is 9.18 Å². The van der Waals surface area contributed by atoms with E-state index in [4.69, 9.17) is 0 Å². The van der Waals surface area contributed by atoms with Crippen molar-refractivity contribution in [2.24, 2.45) is 0 Å². The van der Waals surface area contributed by atoms with Crippen LogP contribution in [-0.2, 0) is 11.3 Å². The van der Waals surface area contributed by atoms with E-state index in [0.29, 0.717) is 6.54 Å². The summed E-state index contributed by atoms with van der Waals surface area (Å²) >= 11 is 0. The lowest BCUT2D eigenvalue weighted by molar-refractivity contribution is -0.125. The maximum absolute atomic E-state index is 12.8. The topological polar surface area (TPSA) is 20.3 Å². The van der Waals surface area contributed by atoms with Gasteiger partial charge >= 0.3 is 0 Å². The van der Waals surface area contributed by atoms with E-state index in [1.807, 2.05) is 31.2 Å². The minimum Gasteiger partial charge on any atom is -0.338 e. The Morgan fingerprint density at radius 3 is 2.57 bits per heavy atom. The Morgan fingerprint density at radius 2 is 1.90 bits per heavy atom. The van der Waals surface area contributed by atoms with Crippen molar-refractivity contribution in [3.05, 3.63) is 77.1 Å². The van der Waals surface area contributed by atoms with Crippen molar-refractivity contribution in [1.29, 1.82) is 0 Å². The molecule has 108 valence electrons. The molecular formula is C18H18FNO. The van der Waals surface area contributed by atoms with Gasteiger partial charge in [-0.05, 0) is 36.3 Å². The molecule has 2 nitrogen and oxygen atoms in total. The van der Waals surface area contributed by atoms with Crippen molar-refractivity contribution in [3.8, 4) is 0 Å². The molecule has 2 aromatic carbocycles. The molecule has 0 unspecified atom stereocenters. The predicted octanol–water partition coefficient (Wildman–Crippen LogP) is 3.81. The molecule has 0 N–H and O–H groups in total. The van der Waals surface area contributed by atoms with Gasteiger partial charge in [0.15, 0.2) is 0 Å². The van der Waals surface area contributed by atoms with E-state index >= 15 is 0 Å². The molecule has 0 aromatic heterocycles. The summed E-state index contributed by atoms with van der Waals surface area (Å²) in [5, 5.41) is 0. The molecule has 0 fully saturated rings. The third kappa shape index (κ3) is 4.56. The van der Waals surface area contributed by atoms with E-state index < -0.39 is 0 Å². The normalized spacial score (nSPS) is 10.8. The van der Waals surface area contributed by atoms with Crippen LogP contribution in [0.4, 0.5) is 4.39 Å². The van der Waals surface area contributed by atoms with Crippen LogP contribution in [0.25, 0.3) is 6.08 Å². The number of halogens is 1. The van der Waals surface area contributed by atoms with Gasteiger partial charge in [-0.3, -0.25) is 4.79 Å². The highest BCUT2D eigenvalue weighted by Gasteiger charge is 2.05. The van der Waals surface area contributed by atoms with Gasteiger partial charge in [0.2, 0.25) is 5.91 Å². The van der Waals surface area contributed by atoms with Gasteiger partial charge < -0.3 is 4.90 Å². The molecule has 21 heavy (non-hydrogen) atoms. The van der Waals surface area contributed by atoms with Gasteiger partial charge in [0, 0.05) is 19.7 Å². The zero-order chi connectivity index (χ0) is 15.2. The number of carbonyl (C=O) groups is 1. The molecule has 2 rings (SSSR count). The number of aryl methyl sites for hydroxylation is 1. The summed E-state index contributed by atoms with van der Waals surface area (Å²) in [5.41, 5.74) is 3.05. The highest BCUT2D eigenvalue weighted by Crippen LogP contribution is 2.08. The van der Waals surface area contributed by atoms with E-state index in [-0.39, 0.29) is 11.7 Å². The molecule has 0 saturated carbocycles. The van der Waals surface area contributed by atoms with Gasteiger partial charge in [-0.2, -0.15) is 0 Å². The van der Waals surface area contributed by atoms with Crippen LogP contribution in [0.15, 0.2) is 54.6 Å². The molecule has 0 atom stereocenters. The minimum atomic E-state index is -0.271. The summed E-state index contributed by atoms with van der Waals surface area (Å²) in [6.07, 6.45) is 3.36. The lowest BCUT2D eigenvalue weighted by atomic mass is 10.1. The van der Waals surface area contributed by atoms with Gasteiger partial charge in [-0.1, -0.05) is 42.0 Å². The first-order valence-electron chi connectivity index (χ1n) is 6.79. The third-order valence-corrected chi connectivity index (χ3v) is 3.17. The molecule has 0 aliphatic heterocycles. The van der Waals surface area contributed by atoms with Crippen molar-refractivity contribution in [1.82, 2.24) is 4.90 Å². The van der Waals surface area contributed by atoms with Crippen LogP contribution in [0.5, 0.6) is 0 Å². The maximum atomic E-state index is 12.8. The van der Waals surface area contributed by atoms with Gasteiger partial charge in [-0.15, -0.1) is 0 Å². The molecule has 0 aliphatic carbocycles. The molecule has 0 bridgehead atoms. The fraction of sp³-hybridized carbons (Fsp3) is 0.167. The molecule has 0 saturated heterocycles. The number of hydrogen-bond acceptors (Lipinski definition) is 1. The van der Waals surface area contributed by atoms with Crippen molar-refractivity contribution in [2.75, 3.05) is 7.05 Å². The molecule has 2 aromatic rings. The van der Waals surface area contributed by atoms with Crippen molar-refractivity contribution >= 4 is 12.0 Å². The zero-order valence-electron chi connectivity index (χ0n) is 12.2. The second kappa shape index (κ2) is 6.84. The summed E-state index contributed by atoms with van der Waals surface area (Å²) in [6.45, 7) is 2.47. The minimum absolute atomic E-state index is 0.0826. The quantitative estimate of drug-likeness (QED) is 0.781. The predicted molar refractivity (Wildman–Crippen MR) is 83.1 cm³/mol. The number of benzene rings is 2. The van der Waals surface area contributed by atoms with Crippen LogP contribution in [-0.4, -0.2) is 17.9 Å². The average Bonchev–Trinajstić information content (AvgIpc) is 2.47. The molecule has 0 aliphatic rings. The number of amides is 1. The van der Waals surface area contributed by atoms with Gasteiger partial charge in [0.05, 0.1) is 0 Å². The standard InChI is InChI=1S/C18H18FNO/c1-14-4-3-5-15(12-14)8-11-18(21)20(2)13-16-6-9-17(19)10-7-16/h3-12H,13H2,1-2H3/b11-8+. The van der Waals surface area contributed by atoms with E-state index in [9.17, 15) is 9.18 Å². The number of hydrogen-bond donors (Lipinski definition) is 0. The Balaban J connectivity index is 1.97. The average molecular weight is 283 g/mol. The van der Waals surface area contributed by atoms with Crippen molar-refractivity contribution in [3.63, 3.8) is 0 Å². The molecule has 0 radical (unpaired) electrons. The number of likely N-dealkylation sites (N-methyl/N-ethyl adjacent to an activating group) is 1. The lowest BCUT2D eigenvalue weighted by Gasteiger charge is -2.15. The Labute approximate surface area is 124 Å². The first-order valence-corrected chi connectivity index (χ1v) is 6.79. The van der Waals surface area contributed by atoms with E-state index in [0.717, 1.165) is 16.7 Å². The van der Waals surface area contributed by atoms with Crippen LogP contribution >= 0.6 is 0 Å². The van der Waals surface area contributed by atoms with Crippen LogP contribution in [0, 0.1) is 12.7 Å². The summed E-state index contributed by atoms with van der Waals surface area (Å²) < 4.78 is 12.8. The second-order valence-corrected chi connectivity index (χ2v) is 5.07. The van der Waals surface area contributed by atoms with Crippen LogP contribution in [0.3, 0.4) is 0 Å². The fourth-order valence-corrected chi connectivity index (χ4v) is 2.01. The van der Waals surface area contributed by atoms with E-state index in [1.165, 1.54) is 12.1 Å². The fourth-order valence-electron chi connectivity index (χ4n) is 2.01. The van der Waals surface area contributed by atoms with Crippen LogP contribution < -0.4 is 0 Å². The zero-order valence-corrected chi connectivity index (χ0v) is 12.2. The van der Waals surface area contributed by atoms with Crippen LogP contribution in [0.1, 0.15) is 16.7 Å². The van der Waals surface area contributed by atoms with Crippen LogP contribution in [0.2, 0.25) is 0 Å². The second-order valence-electron chi connectivity index (χ2n) is 5.07. The summed E-state index contributed by atoms with van der Waals surface area (Å²) in [5.74, 6) is -0.354. The monoisotopic (exact) mass is 283 g/mol. The largest absolute Gasteiger partial charge is 0.338 e. The summed E-state index contributed by atoms with van der Waals surface area (Å²) in [7, 11) is 1.73. The highest BCUT2D eigenvalue weighted by atomic mass is 19.1.